The molecule has 2 rings (SSSR count). The van der Waals surface area contributed by atoms with Crippen molar-refractivity contribution in [2.75, 3.05) is 13.2 Å². The summed E-state index contributed by atoms with van der Waals surface area (Å²) in [6, 6.07) is 10.9. The number of halogens is 1. The van der Waals surface area contributed by atoms with Gasteiger partial charge < -0.3 is 15.0 Å². The van der Waals surface area contributed by atoms with Crippen LogP contribution in [0.1, 0.15) is 42.5 Å². The van der Waals surface area contributed by atoms with Crippen LogP contribution in [0.5, 0.6) is 5.75 Å². The van der Waals surface area contributed by atoms with Crippen LogP contribution in [-0.4, -0.2) is 35.9 Å². The summed E-state index contributed by atoms with van der Waals surface area (Å²) >= 11 is 6.21. The van der Waals surface area contributed by atoms with Gasteiger partial charge in [-0.15, -0.1) is 0 Å². The van der Waals surface area contributed by atoms with Gasteiger partial charge in [-0.25, -0.2) is 0 Å². The van der Waals surface area contributed by atoms with E-state index in [0.29, 0.717) is 23.9 Å². The van der Waals surface area contributed by atoms with Crippen molar-refractivity contribution in [3.05, 3.63) is 63.7 Å². The predicted octanol–water partition coefficient (Wildman–Crippen LogP) is 4.59. The molecule has 0 radical (unpaired) electrons. The van der Waals surface area contributed by atoms with Crippen LogP contribution in [0.15, 0.2) is 36.4 Å². The zero-order chi connectivity index (χ0) is 22.3. The third-order valence-electron chi connectivity index (χ3n) is 5.09. The average Bonchev–Trinajstić information content (AvgIpc) is 2.72. The number of aryl methyl sites for hydroxylation is 3. The molecular formula is C24H31ClN2O3. The van der Waals surface area contributed by atoms with E-state index in [0.717, 1.165) is 28.7 Å². The smallest absolute Gasteiger partial charge is 0.261 e. The molecule has 0 heterocycles. The summed E-state index contributed by atoms with van der Waals surface area (Å²) in [5.41, 5.74) is 3.85. The quantitative estimate of drug-likeness (QED) is 0.633. The Hall–Kier alpha value is -2.53. The number of ether oxygens (including phenoxy) is 1. The fourth-order valence-corrected chi connectivity index (χ4v) is 3.28. The van der Waals surface area contributed by atoms with E-state index in [-0.39, 0.29) is 18.4 Å². The molecule has 6 heteroatoms. The first-order valence-corrected chi connectivity index (χ1v) is 10.6. The van der Waals surface area contributed by atoms with Gasteiger partial charge in [-0.3, -0.25) is 9.59 Å². The van der Waals surface area contributed by atoms with E-state index in [4.69, 9.17) is 16.3 Å². The van der Waals surface area contributed by atoms with Crippen molar-refractivity contribution >= 4 is 23.4 Å². The number of amides is 2. The third kappa shape index (κ3) is 6.23. The van der Waals surface area contributed by atoms with E-state index in [1.807, 2.05) is 64.1 Å². The van der Waals surface area contributed by atoms with Gasteiger partial charge in [-0.2, -0.15) is 0 Å². The van der Waals surface area contributed by atoms with Crippen LogP contribution >= 0.6 is 11.6 Å². The molecule has 5 nitrogen and oxygen atoms in total. The molecule has 0 saturated heterocycles. The number of hydrogen-bond donors (Lipinski definition) is 1. The standard InChI is InChI=1S/C24H31ClN2O3/c1-6-11-26-24(29)19(5)27(14-20-10-8-7-9-16(20)2)22(28)15-30-21-12-17(3)23(25)18(4)13-21/h7-10,12-13,19H,6,11,14-15H2,1-5H3,(H,26,29). The van der Waals surface area contributed by atoms with Crippen LogP contribution in [-0.2, 0) is 16.1 Å². The lowest BCUT2D eigenvalue weighted by Crippen LogP contribution is -2.49. The summed E-state index contributed by atoms with van der Waals surface area (Å²) in [5.74, 6) is 0.168. The normalized spacial score (nSPS) is 11.7. The van der Waals surface area contributed by atoms with Gasteiger partial charge in [0.1, 0.15) is 11.8 Å². The van der Waals surface area contributed by atoms with Crippen molar-refractivity contribution in [1.82, 2.24) is 10.2 Å². The summed E-state index contributed by atoms with van der Waals surface area (Å²) in [7, 11) is 0. The molecule has 0 fully saturated rings. The molecule has 30 heavy (non-hydrogen) atoms. The van der Waals surface area contributed by atoms with E-state index in [1.165, 1.54) is 0 Å². The van der Waals surface area contributed by atoms with Gasteiger partial charge in [-0.05, 0) is 68.5 Å². The van der Waals surface area contributed by atoms with E-state index >= 15 is 0 Å². The molecule has 0 saturated carbocycles. The molecule has 2 amide bonds. The van der Waals surface area contributed by atoms with Crippen molar-refractivity contribution in [3.63, 3.8) is 0 Å². The Morgan fingerprint density at radius 3 is 2.33 bits per heavy atom. The minimum Gasteiger partial charge on any atom is -0.484 e. The lowest BCUT2D eigenvalue weighted by Gasteiger charge is -2.29. The Bertz CT molecular complexity index is 875. The monoisotopic (exact) mass is 430 g/mol. The lowest BCUT2D eigenvalue weighted by molar-refractivity contribution is -0.142. The molecule has 2 aromatic rings. The van der Waals surface area contributed by atoms with Crippen molar-refractivity contribution in [2.45, 2.75) is 53.6 Å². The second-order valence-electron chi connectivity index (χ2n) is 7.57. The Morgan fingerprint density at radius 1 is 1.10 bits per heavy atom. The molecule has 1 N–H and O–H groups in total. The topological polar surface area (TPSA) is 58.6 Å². The zero-order valence-electron chi connectivity index (χ0n) is 18.4. The minimum atomic E-state index is -0.610. The highest BCUT2D eigenvalue weighted by Crippen LogP contribution is 2.26. The van der Waals surface area contributed by atoms with E-state index in [2.05, 4.69) is 5.32 Å². The zero-order valence-corrected chi connectivity index (χ0v) is 19.2. The number of carbonyl (C=O) groups is 2. The first-order chi connectivity index (χ1) is 14.2. The van der Waals surface area contributed by atoms with Crippen LogP contribution in [0, 0.1) is 20.8 Å². The first-order valence-electron chi connectivity index (χ1n) is 10.3. The highest BCUT2D eigenvalue weighted by Gasteiger charge is 2.26. The van der Waals surface area contributed by atoms with Crippen LogP contribution in [0.4, 0.5) is 0 Å². The van der Waals surface area contributed by atoms with Crippen LogP contribution in [0.2, 0.25) is 5.02 Å². The van der Waals surface area contributed by atoms with Crippen molar-refractivity contribution in [2.24, 2.45) is 0 Å². The Balaban J connectivity index is 2.18. The van der Waals surface area contributed by atoms with Crippen LogP contribution < -0.4 is 10.1 Å². The molecule has 0 aliphatic rings. The summed E-state index contributed by atoms with van der Waals surface area (Å²) < 4.78 is 5.76. The Kier molecular flexibility index (Phi) is 8.72. The number of nitrogens with one attached hydrogen (secondary N) is 1. The van der Waals surface area contributed by atoms with Gasteiger partial charge in [0, 0.05) is 18.1 Å². The molecule has 0 spiro atoms. The highest BCUT2D eigenvalue weighted by molar-refractivity contribution is 6.32. The molecule has 0 aliphatic heterocycles. The van der Waals surface area contributed by atoms with Gasteiger partial charge in [0.15, 0.2) is 6.61 Å². The number of carbonyl (C=O) groups excluding carboxylic acids is 2. The fourth-order valence-electron chi connectivity index (χ4n) is 3.17. The van der Waals surface area contributed by atoms with Crippen molar-refractivity contribution in [3.8, 4) is 5.75 Å². The summed E-state index contributed by atoms with van der Waals surface area (Å²) in [4.78, 5) is 27.2. The van der Waals surface area contributed by atoms with Crippen LogP contribution in [0.25, 0.3) is 0 Å². The maximum Gasteiger partial charge on any atom is 0.261 e. The third-order valence-corrected chi connectivity index (χ3v) is 5.69. The van der Waals surface area contributed by atoms with Gasteiger partial charge in [0.25, 0.3) is 5.91 Å². The summed E-state index contributed by atoms with van der Waals surface area (Å²) in [5, 5.41) is 3.57. The maximum absolute atomic E-state index is 13.1. The van der Waals surface area contributed by atoms with Crippen molar-refractivity contribution in [1.29, 1.82) is 0 Å². The molecule has 1 atom stereocenters. The molecular weight excluding hydrogens is 400 g/mol. The SMILES string of the molecule is CCCNC(=O)C(C)N(Cc1ccccc1C)C(=O)COc1cc(C)c(Cl)c(C)c1. The van der Waals surface area contributed by atoms with Gasteiger partial charge >= 0.3 is 0 Å². The van der Waals surface area contributed by atoms with E-state index in [1.54, 1.807) is 11.8 Å². The van der Waals surface area contributed by atoms with Crippen molar-refractivity contribution < 1.29 is 14.3 Å². The number of rotatable bonds is 9. The molecule has 162 valence electrons. The molecule has 0 aromatic heterocycles. The van der Waals surface area contributed by atoms with Gasteiger partial charge in [0.05, 0.1) is 0 Å². The summed E-state index contributed by atoms with van der Waals surface area (Å²) in [6.07, 6.45) is 0.836. The number of benzene rings is 2. The Labute approximate surface area is 184 Å². The van der Waals surface area contributed by atoms with E-state index < -0.39 is 6.04 Å². The largest absolute Gasteiger partial charge is 0.484 e. The molecule has 0 aliphatic carbocycles. The second-order valence-corrected chi connectivity index (χ2v) is 7.95. The maximum atomic E-state index is 13.1. The van der Waals surface area contributed by atoms with E-state index in [9.17, 15) is 9.59 Å². The highest BCUT2D eigenvalue weighted by atomic mass is 35.5. The minimum absolute atomic E-state index is 0.155. The number of hydrogen-bond acceptors (Lipinski definition) is 3. The summed E-state index contributed by atoms with van der Waals surface area (Å²) in [6.45, 7) is 10.3. The second kappa shape index (κ2) is 11.0. The Morgan fingerprint density at radius 2 is 1.73 bits per heavy atom. The number of nitrogens with zero attached hydrogens (tertiary/aromatic N) is 1. The molecule has 1 unspecified atom stereocenters. The molecule has 2 aromatic carbocycles. The average molecular weight is 431 g/mol. The predicted molar refractivity (Wildman–Crippen MR) is 121 cm³/mol. The van der Waals surface area contributed by atoms with Crippen LogP contribution in [0.3, 0.4) is 0 Å². The lowest BCUT2D eigenvalue weighted by atomic mass is 10.1. The molecule has 0 bridgehead atoms. The van der Waals surface area contributed by atoms with Gasteiger partial charge in [0.2, 0.25) is 5.91 Å². The van der Waals surface area contributed by atoms with Gasteiger partial charge in [-0.1, -0.05) is 42.8 Å². The first kappa shape index (κ1) is 23.7. The fraction of sp³-hybridized carbons (Fsp3) is 0.417.